The predicted octanol–water partition coefficient (Wildman–Crippen LogP) is -1.83. The van der Waals surface area contributed by atoms with Gasteiger partial charge in [0.1, 0.15) is 0 Å². The zero-order valence-electron chi connectivity index (χ0n) is 5.33. The van der Waals surface area contributed by atoms with Crippen LogP contribution in [0, 0.1) is 0 Å². The van der Waals surface area contributed by atoms with Gasteiger partial charge in [0.05, 0.1) is 0 Å². The number of nitrogens with one attached hydrogen (secondary N) is 2. The second-order valence-electron chi connectivity index (χ2n) is 1.99. The Morgan fingerprint density at radius 3 is 3.09 bits per heavy atom. The monoisotopic (exact) mass is 216 g/mol. The number of nitrogens with zero attached hydrogens (tertiary/aromatic N) is 2. The van der Waals surface area contributed by atoms with E-state index in [2.05, 4.69) is 35.9 Å². The molecule has 0 aliphatic heterocycles. The molecule has 0 bridgehead atoms. The Morgan fingerprint density at radius 2 is 2.36 bits per heavy atom. The predicted molar refractivity (Wildman–Crippen MR) is 41.3 cm³/mol. The molecule has 6 heteroatoms. The summed E-state index contributed by atoms with van der Waals surface area (Å²) in [5, 5.41) is 0. The summed E-state index contributed by atoms with van der Waals surface area (Å²) in [4.78, 5) is 24.0. The summed E-state index contributed by atoms with van der Waals surface area (Å²) in [6.07, 6.45) is 1.33. The summed E-state index contributed by atoms with van der Waals surface area (Å²) in [7, 11) is 0. The van der Waals surface area contributed by atoms with Crippen molar-refractivity contribution in [2.45, 2.75) is 0 Å². The van der Waals surface area contributed by atoms with Gasteiger partial charge in [-0.05, 0) is 0 Å². The van der Waals surface area contributed by atoms with Gasteiger partial charge in [0.25, 0.3) is 0 Å². The second-order valence-corrected chi connectivity index (χ2v) is 2.88. The van der Waals surface area contributed by atoms with Crippen LogP contribution in [0.3, 0.4) is 0 Å². The average molecular weight is 215 g/mol. The van der Waals surface area contributed by atoms with Gasteiger partial charge in [-0.25, -0.2) is 0 Å². The maximum absolute atomic E-state index is 11.0. The molecule has 0 unspecified atom stereocenters. The number of imidazole rings is 1. The van der Waals surface area contributed by atoms with Crippen molar-refractivity contribution in [3.8, 4) is 0 Å². The standard InChI is InChI=1S/C5H4N4OSe/c10-4-2-3(6-1-7-4)9-5(11)8-2/h1H,(H3,6,7,8,9,10,11). The molecule has 0 radical (unpaired) electrons. The fourth-order valence-corrected chi connectivity index (χ4v) is 1.28. The SMILES string of the molecule is O=c1nc[nH]c2nc([SeH])[nH]c12. The van der Waals surface area contributed by atoms with Gasteiger partial charge in [-0.1, -0.05) is 0 Å². The van der Waals surface area contributed by atoms with Crippen LogP contribution in [0.4, 0.5) is 0 Å². The van der Waals surface area contributed by atoms with Crippen LogP contribution in [-0.4, -0.2) is 35.9 Å². The van der Waals surface area contributed by atoms with Crippen molar-refractivity contribution in [2.75, 3.05) is 0 Å². The Kier molecular flexibility index (Phi) is 1.30. The molecule has 5 nitrogen and oxygen atoms in total. The van der Waals surface area contributed by atoms with Crippen LogP contribution < -0.4 is 10.3 Å². The summed E-state index contributed by atoms with van der Waals surface area (Å²) in [5.41, 5.74) is 0.673. The molecule has 2 aromatic heterocycles. The molecule has 56 valence electrons. The van der Waals surface area contributed by atoms with E-state index in [1.165, 1.54) is 6.33 Å². The molecule has 2 aromatic rings. The molecule has 0 saturated carbocycles. The van der Waals surface area contributed by atoms with E-state index in [0.717, 1.165) is 0 Å². The molecule has 0 spiro atoms. The molecule has 2 N–H and O–H groups in total. The van der Waals surface area contributed by atoms with E-state index < -0.39 is 0 Å². The quantitative estimate of drug-likeness (QED) is 0.508. The Bertz CT molecular complexity index is 445. The zero-order chi connectivity index (χ0) is 7.84. The van der Waals surface area contributed by atoms with E-state index in [1.54, 1.807) is 0 Å². The first-order valence-corrected chi connectivity index (χ1v) is 3.83. The summed E-state index contributed by atoms with van der Waals surface area (Å²) in [6, 6.07) is 0. The summed E-state index contributed by atoms with van der Waals surface area (Å²) < 4.78 is 0.647. The molecular weight excluding hydrogens is 211 g/mol. The molecule has 0 saturated heterocycles. The minimum absolute atomic E-state index is 0.288. The van der Waals surface area contributed by atoms with Gasteiger partial charge in [-0.2, -0.15) is 0 Å². The van der Waals surface area contributed by atoms with E-state index in [1.807, 2.05) is 0 Å². The molecule has 2 rings (SSSR count). The third-order valence-electron chi connectivity index (χ3n) is 1.29. The topological polar surface area (TPSA) is 74.4 Å². The normalized spacial score (nSPS) is 10.6. The van der Waals surface area contributed by atoms with Crippen molar-refractivity contribution in [1.29, 1.82) is 0 Å². The molecule has 0 atom stereocenters. The van der Waals surface area contributed by atoms with Gasteiger partial charge in [0, 0.05) is 0 Å². The van der Waals surface area contributed by atoms with E-state index in [-0.39, 0.29) is 5.56 Å². The van der Waals surface area contributed by atoms with Crippen LogP contribution in [0.1, 0.15) is 0 Å². The van der Waals surface area contributed by atoms with Gasteiger partial charge < -0.3 is 0 Å². The third-order valence-corrected chi connectivity index (χ3v) is 1.73. The Hall–Kier alpha value is -1.13. The van der Waals surface area contributed by atoms with Gasteiger partial charge in [-0.15, -0.1) is 0 Å². The van der Waals surface area contributed by atoms with Crippen LogP contribution in [0.2, 0.25) is 0 Å². The molecule has 0 fully saturated rings. The van der Waals surface area contributed by atoms with E-state index in [9.17, 15) is 4.79 Å². The molecule has 0 amide bonds. The minimum atomic E-state index is -0.288. The van der Waals surface area contributed by atoms with Gasteiger partial charge in [-0.3, -0.25) is 0 Å². The van der Waals surface area contributed by atoms with Crippen LogP contribution >= 0.6 is 0 Å². The Labute approximate surface area is 69.1 Å². The number of aromatic amines is 2. The van der Waals surface area contributed by atoms with Crippen molar-refractivity contribution < 1.29 is 0 Å². The molecule has 2 heterocycles. The number of rotatable bonds is 0. The van der Waals surface area contributed by atoms with Crippen molar-refractivity contribution in [1.82, 2.24) is 19.9 Å². The van der Waals surface area contributed by atoms with Gasteiger partial charge >= 0.3 is 68.5 Å². The van der Waals surface area contributed by atoms with Crippen LogP contribution in [0.15, 0.2) is 11.1 Å². The van der Waals surface area contributed by atoms with Crippen LogP contribution in [0.25, 0.3) is 11.2 Å². The first-order chi connectivity index (χ1) is 5.27. The number of hydrogen-bond donors (Lipinski definition) is 2. The van der Waals surface area contributed by atoms with Crippen molar-refractivity contribution in [3.63, 3.8) is 0 Å². The number of H-pyrrole nitrogens is 2. The first-order valence-electron chi connectivity index (χ1n) is 2.90. The van der Waals surface area contributed by atoms with Crippen LogP contribution in [-0.2, 0) is 0 Å². The van der Waals surface area contributed by atoms with Crippen LogP contribution in [0.5, 0.6) is 0 Å². The molecule has 0 aliphatic carbocycles. The molecular formula is C5H4N4OSe. The third kappa shape index (κ3) is 0.961. The number of hydrogen-bond acceptors (Lipinski definition) is 3. The second kappa shape index (κ2) is 2.18. The Balaban J connectivity index is 3.02. The van der Waals surface area contributed by atoms with Crippen molar-refractivity contribution in [2.24, 2.45) is 0 Å². The zero-order valence-corrected chi connectivity index (χ0v) is 7.20. The first kappa shape index (κ1) is 6.57. The summed E-state index contributed by atoms with van der Waals surface area (Å²) >= 11 is 2.23. The van der Waals surface area contributed by atoms with Gasteiger partial charge in [0.2, 0.25) is 0 Å². The van der Waals surface area contributed by atoms with Crippen molar-refractivity contribution >= 4 is 31.9 Å². The Morgan fingerprint density at radius 1 is 1.55 bits per heavy atom. The van der Waals surface area contributed by atoms with Crippen molar-refractivity contribution in [3.05, 3.63) is 16.7 Å². The molecule has 0 aromatic carbocycles. The van der Waals surface area contributed by atoms with E-state index >= 15 is 0 Å². The maximum atomic E-state index is 11.0. The molecule has 0 aliphatic rings. The number of fused-ring (bicyclic) bond motifs is 1. The van der Waals surface area contributed by atoms with E-state index in [4.69, 9.17) is 0 Å². The average Bonchev–Trinajstić information content (AvgIpc) is 2.31. The number of aromatic nitrogens is 4. The fourth-order valence-electron chi connectivity index (χ4n) is 0.837. The van der Waals surface area contributed by atoms with E-state index in [0.29, 0.717) is 15.9 Å². The molecule has 11 heavy (non-hydrogen) atoms. The fraction of sp³-hybridized carbons (Fsp3) is 0. The summed E-state index contributed by atoms with van der Waals surface area (Å²) in [6.45, 7) is 0. The summed E-state index contributed by atoms with van der Waals surface area (Å²) in [5.74, 6) is 0. The van der Waals surface area contributed by atoms with Gasteiger partial charge in [0.15, 0.2) is 0 Å².